The Hall–Kier alpha value is -2.75. The van der Waals surface area contributed by atoms with E-state index in [2.05, 4.69) is 0 Å². The van der Waals surface area contributed by atoms with E-state index in [-0.39, 0.29) is 0 Å². The largest absolute Gasteiger partial charge is 0.647 e. The first-order valence-corrected chi connectivity index (χ1v) is 9.50. The maximum atomic E-state index is 13.4. The molecule has 3 rings (SSSR count). The summed E-state index contributed by atoms with van der Waals surface area (Å²) in [7, 11) is -2.41. The van der Waals surface area contributed by atoms with Crippen LogP contribution in [0.3, 0.4) is 0 Å². The van der Waals surface area contributed by atoms with E-state index in [1.807, 2.05) is 24.3 Å². The van der Waals surface area contributed by atoms with Crippen molar-refractivity contribution in [2.24, 2.45) is 0 Å². The minimum absolute atomic E-state index is 0.312. The van der Waals surface area contributed by atoms with Crippen LogP contribution in [0.2, 0.25) is 0 Å². The number of rotatable bonds is 8. The second-order valence-electron chi connectivity index (χ2n) is 5.39. The monoisotopic (exact) mass is 370 g/mol. The van der Waals surface area contributed by atoms with Gasteiger partial charge in [0.2, 0.25) is 0 Å². The van der Waals surface area contributed by atoms with Crippen molar-refractivity contribution >= 4 is 7.82 Å². The molecule has 0 heterocycles. The first kappa shape index (κ1) is 18.1. The summed E-state index contributed by atoms with van der Waals surface area (Å²) in [5, 5.41) is 0. The standard InChI is InChI=1S/C20H19O5P/c1-22-16-17-10-8-9-15-20(17)25-26(21,23-18-11-4-2-5-12-18)24-19-13-6-3-7-14-19/h2-15H,16H2,1H3. The van der Waals surface area contributed by atoms with Gasteiger partial charge in [-0.1, -0.05) is 54.6 Å². The molecule has 0 spiro atoms. The Labute approximate surface area is 152 Å². The summed E-state index contributed by atoms with van der Waals surface area (Å²) >= 11 is 0. The third-order valence-electron chi connectivity index (χ3n) is 3.40. The number of methoxy groups -OCH3 is 1. The smallest absolute Gasteiger partial charge is 0.386 e. The fourth-order valence-corrected chi connectivity index (χ4v) is 3.56. The predicted molar refractivity (Wildman–Crippen MR) is 99.5 cm³/mol. The molecular weight excluding hydrogens is 351 g/mol. The fourth-order valence-electron chi connectivity index (χ4n) is 2.26. The Morgan fingerprint density at radius 3 is 1.73 bits per heavy atom. The fraction of sp³-hybridized carbons (Fsp3) is 0.100. The molecule has 0 saturated heterocycles. The van der Waals surface area contributed by atoms with Crippen molar-refractivity contribution in [1.82, 2.24) is 0 Å². The van der Waals surface area contributed by atoms with Crippen molar-refractivity contribution in [3.05, 3.63) is 90.5 Å². The van der Waals surface area contributed by atoms with Crippen LogP contribution in [0, 0.1) is 0 Å². The summed E-state index contributed by atoms with van der Waals surface area (Å²) < 4.78 is 35.5. The molecule has 0 bridgehead atoms. The molecule has 0 amide bonds. The van der Waals surface area contributed by atoms with E-state index >= 15 is 0 Å². The van der Waals surface area contributed by atoms with E-state index in [9.17, 15) is 4.57 Å². The van der Waals surface area contributed by atoms with Gasteiger partial charge in [-0.15, -0.1) is 0 Å². The van der Waals surface area contributed by atoms with Crippen LogP contribution in [0.4, 0.5) is 0 Å². The molecule has 6 heteroatoms. The number of para-hydroxylation sites is 3. The van der Waals surface area contributed by atoms with Gasteiger partial charge in [0, 0.05) is 12.7 Å². The topological polar surface area (TPSA) is 54.0 Å². The molecule has 134 valence electrons. The average Bonchev–Trinajstić information content (AvgIpc) is 2.65. The third kappa shape index (κ3) is 4.88. The first-order valence-electron chi connectivity index (χ1n) is 8.04. The molecule has 5 nitrogen and oxygen atoms in total. The quantitative estimate of drug-likeness (QED) is 0.492. The highest BCUT2D eigenvalue weighted by Gasteiger charge is 2.33. The molecule has 0 saturated carbocycles. The normalized spacial score (nSPS) is 11.0. The molecule has 26 heavy (non-hydrogen) atoms. The van der Waals surface area contributed by atoms with Crippen LogP contribution in [0.25, 0.3) is 0 Å². The Morgan fingerprint density at radius 2 is 1.19 bits per heavy atom. The van der Waals surface area contributed by atoms with Gasteiger partial charge in [0.05, 0.1) is 6.61 Å². The number of ether oxygens (including phenoxy) is 1. The van der Waals surface area contributed by atoms with Crippen molar-refractivity contribution in [2.75, 3.05) is 7.11 Å². The van der Waals surface area contributed by atoms with Crippen molar-refractivity contribution in [1.29, 1.82) is 0 Å². The van der Waals surface area contributed by atoms with Gasteiger partial charge in [-0.05, 0) is 30.3 Å². The minimum atomic E-state index is -3.99. The Kier molecular flexibility index (Phi) is 5.95. The van der Waals surface area contributed by atoms with E-state index in [0.717, 1.165) is 5.56 Å². The number of phosphoric acid groups is 1. The third-order valence-corrected chi connectivity index (χ3v) is 4.69. The zero-order valence-corrected chi connectivity index (χ0v) is 15.2. The van der Waals surface area contributed by atoms with Crippen LogP contribution >= 0.6 is 7.82 Å². The van der Waals surface area contributed by atoms with Gasteiger partial charge in [0.1, 0.15) is 17.2 Å². The Morgan fingerprint density at radius 1 is 0.692 bits per heavy atom. The van der Waals surface area contributed by atoms with Gasteiger partial charge >= 0.3 is 7.82 Å². The molecule has 0 atom stereocenters. The Balaban J connectivity index is 1.91. The maximum Gasteiger partial charge on any atom is 0.647 e. The van der Waals surface area contributed by atoms with Crippen molar-refractivity contribution in [3.8, 4) is 17.2 Å². The van der Waals surface area contributed by atoms with Gasteiger partial charge in [-0.2, -0.15) is 4.57 Å². The van der Waals surface area contributed by atoms with E-state index in [1.54, 1.807) is 67.8 Å². The van der Waals surface area contributed by atoms with Gasteiger partial charge in [-0.3, -0.25) is 0 Å². The summed E-state index contributed by atoms with van der Waals surface area (Å²) in [4.78, 5) is 0. The highest BCUT2D eigenvalue weighted by Crippen LogP contribution is 2.50. The number of hydrogen-bond acceptors (Lipinski definition) is 5. The maximum absolute atomic E-state index is 13.4. The molecule has 0 aliphatic carbocycles. The summed E-state index contributed by atoms with van der Waals surface area (Å²) in [5.41, 5.74) is 0.739. The molecule has 3 aromatic rings. The van der Waals surface area contributed by atoms with E-state index in [4.69, 9.17) is 18.3 Å². The molecule has 0 unspecified atom stereocenters. The minimum Gasteiger partial charge on any atom is -0.386 e. The zero-order valence-electron chi connectivity index (χ0n) is 14.3. The molecule has 0 aromatic heterocycles. The molecule has 0 radical (unpaired) electrons. The summed E-state index contributed by atoms with van der Waals surface area (Å²) in [5.74, 6) is 1.15. The van der Waals surface area contributed by atoms with Crippen molar-refractivity contribution in [2.45, 2.75) is 6.61 Å². The lowest BCUT2D eigenvalue weighted by atomic mass is 10.2. The van der Waals surface area contributed by atoms with Crippen LogP contribution < -0.4 is 13.6 Å². The number of hydrogen-bond donors (Lipinski definition) is 0. The average molecular weight is 370 g/mol. The van der Waals surface area contributed by atoms with Crippen LogP contribution in [0.15, 0.2) is 84.9 Å². The summed E-state index contributed by atoms with van der Waals surface area (Å²) in [6.45, 7) is 0.312. The lowest BCUT2D eigenvalue weighted by molar-refractivity contribution is 0.182. The van der Waals surface area contributed by atoms with E-state index < -0.39 is 7.82 Å². The van der Waals surface area contributed by atoms with Crippen LogP contribution in [0.5, 0.6) is 17.2 Å². The van der Waals surface area contributed by atoms with Gasteiger partial charge < -0.3 is 18.3 Å². The molecule has 3 aromatic carbocycles. The zero-order chi connectivity index (χ0) is 18.2. The molecule has 0 aliphatic heterocycles. The predicted octanol–water partition coefficient (Wildman–Crippen LogP) is 5.48. The highest BCUT2D eigenvalue weighted by atomic mass is 31.2. The van der Waals surface area contributed by atoms with Crippen molar-refractivity contribution in [3.63, 3.8) is 0 Å². The summed E-state index contributed by atoms with van der Waals surface area (Å²) in [6.07, 6.45) is 0. The second kappa shape index (κ2) is 8.56. The molecular formula is C20H19O5P. The lowest BCUT2D eigenvalue weighted by Crippen LogP contribution is -2.08. The molecule has 0 fully saturated rings. The van der Waals surface area contributed by atoms with Crippen LogP contribution in [-0.4, -0.2) is 7.11 Å². The molecule has 0 N–H and O–H groups in total. The van der Waals surface area contributed by atoms with Gasteiger partial charge in [0.25, 0.3) is 0 Å². The van der Waals surface area contributed by atoms with Crippen molar-refractivity contribution < 1.29 is 22.9 Å². The highest BCUT2D eigenvalue weighted by molar-refractivity contribution is 7.49. The second-order valence-corrected chi connectivity index (χ2v) is 6.83. The van der Waals surface area contributed by atoms with Crippen LogP contribution in [0.1, 0.15) is 5.56 Å². The summed E-state index contributed by atoms with van der Waals surface area (Å²) in [6, 6.07) is 24.7. The first-order chi connectivity index (χ1) is 12.7. The number of benzene rings is 3. The lowest BCUT2D eigenvalue weighted by Gasteiger charge is -2.20. The molecule has 0 aliphatic rings. The van der Waals surface area contributed by atoms with Gasteiger partial charge in [0.15, 0.2) is 0 Å². The number of phosphoric ester groups is 1. The SMILES string of the molecule is COCc1ccccc1OP(=O)(Oc1ccccc1)Oc1ccccc1. The Bertz CT molecular complexity index is 822. The van der Waals surface area contributed by atoms with E-state index in [1.165, 1.54) is 0 Å². The van der Waals surface area contributed by atoms with E-state index in [0.29, 0.717) is 23.9 Å². The van der Waals surface area contributed by atoms with Crippen LogP contribution in [-0.2, 0) is 15.9 Å². The van der Waals surface area contributed by atoms with Gasteiger partial charge in [-0.25, -0.2) is 0 Å².